The molecule has 0 saturated heterocycles. The number of carbonyl (C=O) groups excluding carboxylic acids is 1. The van der Waals surface area contributed by atoms with E-state index in [1.54, 1.807) is 0 Å². The highest BCUT2D eigenvalue weighted by Gasteiger charge is 2.26. The average Bonchev–Trinajstić information content (AvgIpc) is 2.51. The Morgan fingerprint density at radius 1 is 1.62 bits per heavy atom. The molecule has 0 atom stereocenters. The highest BCUT2D eigenvalue weighted by atomic mass is 32.1. The molecule has 1 aromatic rings. The normalized spacial score (nSPS) is 16.7. The summed E-state index contributed by atoms with van der Waals surface area (Å²) in [6, 6.07) is 4.31. The molecule has 2 rings (SSSR count). The quantitative estimate of drug-likeness (QED) is 0.709. The Bertz CT molecular complexity index is 290. The lowest BCUT2D eigenvalue weighted by molar-refractivity contribution is 0.0657. The van der Waals surface area contributed by atoms with Crippen molar-refractivity contribution in [3.63, 3.8) is 0 Å². The molecule has 1 aliphatic carbocycles. The second-order valence-corrected chi connectivity index (χ2v) is 4.43. The minimum atomic E-state index is 0.180. The van der Waals surface area contributed by atoms with Crippen LogP contribution in [0.2, 0.25) is 0 Å². The minimum absolute atomic E-state index is 0.180. The maximum Gasteiger partial charge on any atom is 0.263 e. The predicted molar refractivity (Wildman–Crippen MR) is 54.1 cm³/mol. The first-order valence-corrected chi connectivity index (χ1v) is 5.47. The van der Waals surface area contributed by atoms with Crippen LogP contribution < -0.4 is 0 Å². The molecule has 3 heteroatoms. The zero-order chi connectivity index (χ0) is 9.26. The third-order valence-electron chi connectivity index (χ3n) is 2.67. The van der Waals surface area contributed by atoms with E-state index in [2.05, 4.69) is 0 Å². The van der Waals surface area contributed by atoms with E-state index in [-0.39, 0.29) is 5.91 Å². The summed E-state index contributed by atoms with van der Waals surface area (Å²) < 4.78 is 0. The standard InChI is InChI=1S/C10H13NOS/c1-11(8-4-2-5-8)10(12)9-6-3-7-13-9/h3,6-8H,2,4-5H2,1H3. The topological polar surface area (TPSA) is 20.3 Å². The Hall–Kier alpha value is -0.830. The molecular formula is C10H13NOS. The lowest BCUT2D eigenvalue weighted by Gasteiger charge is -2.34. The van der Waals surface area contributed by atoms with Crippen molar-refractivity contribution < 1.29 is 4.79 Å². The number of amides is 1. The van der Waals surface area contributed by atoms with Gasteiger partial charge in [0.1, 0.15) is 0 Å². The molecule has 0 aliphatic heterocycles. The van der Waals surface area contributed by atoms with Crippen molar-refractivity contribution in [1.29, 1.82) is 0 Å². The zero-order valence-corrected chi connectivity index (χ0v) is 8.51. The fourth-order valence-electron chi connectivity index (χ4n) is 1.51. The van der Waals surface area contributed by atoms with Gasteiger partial charge in [-0.3, -0.25) is 4.79 Å². The Kier molecular flexibility index (Phi) is 2.36. The largest absolute Gasteiger partial charge is 0.338 e. The summed E-state index contributed by atoms with van der Waals surface area (Å²) in [5.41, 5.74) is 0. The molecule has 1 saturated carbocycles. The Labute approximate surface area is 82.2 Å². The van der Waals surface area contributed by atoms with Crippen LogP contribution in [0.25, 0.3) is 0 Å². The second-order valence-electron chi connectivity index (χ2n) is 3.48. The molecule has 0 bridgehead atoms. The van der Waals surface area contributed by atoms with E-state index in [9.17, 15) is 4.79 Å². The van der Waals surface area contributed by atoms with Gasteiger partial charge in [0.15, 0.2) is 0 Å². The van der Waals surface area contributed by atoms with Gasteiger partial charge in [-0.1, -0.05) is 6.07 Å². The second kappa shape index (κ2) is 3.50. The first-order chi connectivity index (χ1) is 6.29. The van der Waals surface area contributed by atoms with E-state index in [4.69, 9.17) is 0 Å². The monoisotopic (exact) mass is 195 g/mol. The molecule has 0 N–H and O–H groups in total. The molecule has 1 aromatic heterocycles. The Balaban J connectivity index is 2.04. The Morgan fingerprint density at radius 3 is 2.85 bits per heavy atom. The van der Waals surface area contributed by atoms with Gasteiger partial charge < -0.3 is 4.90 Å². The van der Waals surface area contributed by atoms with E-state index in [1.807, 2.05) is 29.5 Å². The van der Waals surface area contributed by atoms with Gasteiger partial charge in [-0.2, -0.15) is 0 Å². The summed E-state index contributed by atoms with van der Waals surface area (Å²) in [5.74, 6) is 0.180. The fourth-order valence-corrected chi connectivity index (χ4v) is 2.22. The number of hydrogen-bond acceptors (Lipinski definition) is 2. The third-order valence-corrected chi connectivity index (χ3v) is 3.53. The molecule has 0 radical (unpaired) electrons. The molecule has 70 valence electrons. The summed E-state index contributed by atoms with van der Waals surface area (Å²) in [4.78, 5) is 14.5. The van der Waals surface area contributed by atoms with Crippen LogP contribution in [-0.2, 0) is 0 Å². The predicted octanol–water partition coefficient (Wildman–Crippen LogP) is 2.37. The van der Waals surface area contributed by atoms with Crippen LogP contribution in [-0.4, -0.2) is 23.9 Å². The maximum absolute atomic E-state index is 11.8. The highest BCUT2D eigenvalue weighted by molar-refractivity contribution is 7.12. The summed E-state index contributed by atoms with van der Waals surface area (Å²) in [7, 11) is 1.91. The SMILES string of the molecule is CN(C(=O)c1cccs1)C1CCC1. The summed E-state index contributed by atoms with van der Waals surface area (Å²) in [6.45, 7) is 0. The molecule has 0 spiro atoms. The summed E-state index contributed by atoms with van der Waals surface area (Å²) in [6.07, 6.45) is 3.62. The van der Waals surface area contributed by atoms with Crippen molar-refractivity contribution in [2.45, 2.75) is 25.3 Å². The van der Waals surface area contributed by atoms with E-state index in [0.717, 1.165) is 4.88 Å². The van der Waals surface area contributed by atoms with Crippen LogP contribution in [0.1, 0.15) is 28.9 Å². The molecule has 13 heavy (non-hydrogen) atoms. The van der Waals surface area contributed by atoms with Crippen molar-refractivity contribution in [1.82, 2.24) is 4.90 Å². The van der Waals surface area contributed by atoms with E-state index < -0.39 is 0 Å². The van der Waals surface area contributed by atoms with Crippen molar-refractivity contribution in [2.75, 3.05) is 7.05 Å². The van der Waals surface area contributed by atoms with Crippen LogP contribution in [0.3, 0.4) is 0 Å². The number of thiophene rings is 1. The van der Waals surface area contributed by atoms with Gasteiger partial charge in [-0.15, -0.1) is 11.3 Å². The molecule has 1 amide bonds. The summed E-state index contributed by atoms with van der Waals surface area (Å²) in [5, 5.41) is 1.95. The van der Waals surface area contributed by atoms with Gasteiger partial charge in [-0.05, 0) is 30.7 Å². The maximum atomic E-state index is 11.8. The van der Waals surface area contributed by atoms with Crippen LogP contribution in [0.15, 0.2) is 17.5 Å². The van der Waals surface area contributed by atoms with Crippen molar-refractivity contribution in [3.8, 4) is 0 Å². The number of hydrogen-bond donors (Lipinski definition) is 0. The van der Waals surface area contributed by atoms with Crippen LogP contribution in [0.4, 0.5) is 0 Å². The van der Waals surface area contributed by atoms with Crippen LogP contribution in [0, 0.1) is 0 Å². The van der Waals surface area contributed by atoms with Gasteiger partial charge in [0, 0.05) is 13.1 Å². The average molecular weight is 195 g/mol. The first kappa shape index (κ1) is 8.75. The lowest BCUT2D eigenvalue weighted by Crippen LogP contribution is -2.40. The third kappa shape index (κ3) is 1.61. The van der Waals surface area contributed by atoms with E-state index in [1.165, 1.54) is 30.6 Å². The van der Waals surface area contributed by atoms with Crippen molar-refractivity contribution >= 4 is 17.2 Å². The molecule has 1 fully saturated rings. The van der Waals surface area contributed by atoms with Crippen molar-refractivity contribution in [3.05, 3.63) is 22.4 Å². The zero-order valence-electron chi connectivity index (χ0n) is 7.69. The number of carbonyl (C=O) groups is 1. The van der Waals surface area contributed by atoms with Gasteiger partial charge >= 0.3 is 0 Å². The van der Waals surface area contributed by atoms with E-state index >= 15 is 0 Å². The van der Waals surface area contributed by atoms with Gasteiger partial charge in [0.25, 0.3) is 5.91 Å². The summed E-state index contributed by atoms with van der Waals surface area (Å²) >= 11 is 1.52. The van der Waals surface area contributed by atoms with Gasteiger partial charge in [0.2, 0.25) is 0 Å². The van der Waals surface area contributed by atoms with Gasteiger partial charge in [-0.25, -0.2) is 0 Å². The molecule has 1 heterocycles. The number of rotatable bonds is 2. The molecular weight excluding hydrogens is 182 g/mol. The Morgan fingerprint density at radius 2 is 2.38 bits per heavy atom. The van der Waals surface area contributed by atoms with E-state index in [0.29, 0.717) is 6.04 Å². The molecule has 0 aromatic carbocycles. The van der Waals surface area contributed by atoms with Gasteiger partial charge in [0.05, 0.1) is 4.88 Å². The molecule has 0 unspecified atom stereocenters. The molecule has 1 aliphatic rings. The van der Waals surface area contributed by atoms with Crippen molar-refractivity contribution in [2.24, 2.45) is 0 Å². The molecule has 2 nitrogen and oxygen atoms in total. The smallest absolute Gasteiger partial charge is 0.263 e. The van der Waals surface area contributed by atoms with Crippen LogP contribution in [0.5, 0.6) is 0 Å². The highest BCUT2D eigenvalue weighted by Crippen LogP contribution is 2.25. The lowest BCUT2D eigenvalue weighted by atomic mass is 9.92. The first-order valence-electron chi connectivity index (χ1n) is 4.59. The number of nitrogens with zero attached hydrogens (tertiary/aromatic N) is 1. The minimum Gasteiger partial charge on any atom is -0.338 e. The fraction of sp³-hybridized carbons (Fsp3) is 0.500. The van der Waals surface area contributed by atoms with Crippen LogP contribution >= 0.6 is 11.3 Å².